The summed E-state index contributed by atoms with van der Waals surface area (Å²) >= 11 is 0. The first kappa shape index (κ1) is 12.4. The van der Waals surface area contributed by atoms with Crippen LogP contribution in [0.1, 0.15) is 35.2 Å². The first-order valence-electron chi connectivity index (χ1n) is 5.85. The molecule has 1 heterocycles. The summed E-state index contributed by atoms with van der Waals surface area (Å²) in [4.78, 5) is 11.8. The minimum atomic E-state index is -2.95. The van der Waals surface area contributed by atoms with Gasteiger partial charge in [0.25, 0.3) is 0 Å². The number of nitrogens with zero attached hydrogens (tertiary/aromatic N) is 1. The van der Waals surface area contributed by atoms with Crippen LogP contribution in [0.4, 0.5) is 0 Å². The van der Waals surface area contributed by atoms with Gasteiger partial charge in [-0.05, 0) is 24.8 Å². The van der Waals surface area contributed by atoms with Gasteiger partial charge in [-0.25, -0.2) is 8.42 Å². The van der Waals surface area contributed by atoms with Crippen LogP contribution in [0.15, 0.2) is 12.4 Å². The van der Waals surface area contributed by atoms with Gasteiger partial charge < -0.3 is 4.57 Å². The van der Waals surface area contributed by atoms with Crippen molar-refractivity contribution in [2.24, 2.45) is 0 Å². The normalized spacial score (nSPS) is 16.6. The van der Waals surface area contributed by atoms with E-state index in [0.717, 1.165) is 30.4 Å². The minimum absolute atomic E-state index is 0.120. The summed E-state index contributed by atoms with van der Waals surface area (Å²) in [5.41, 5.74) is 1.86. The van der Waals surface area contributed by atoms with E-state index in [0.29, 0.717) is 13.0 Å². The van der Waals surface area contributed by atoms with Gasteiger partial charge in [0, 0.05) is 37.2 Å². The highest BCUT2D eigenvalue weighted by Crippen LogP contribution is 2.21. The van der Waals surface area contributed by atoms with E-state index < -0.39 is 9.84 Å². The molecule has 0 spiro atoms. The average molecular weight is 255 g/mol. The summed E-state index contributed by atoms with van der Waals surface area (Å²) < 4.78 is 24.0. The molecule has 0 saturated carbocycles. The van der Waals surface area contributed by atoms with Crippen molar-refractivity contribution in [3.05, 3.63) is 23.5 Å². The molecule has 0 unspecified atom stereocenters. The van der Waals surface area contributed by atoms with Crippen molar-refractivity contribution in [3.63, 3.8) is 0 Å². The number of carbonyl (C=O) groups is 1. The molecule has 17 heavy (non-hydrogen) atoms. The molecule has 94 valence electrons. The number of carbonyl (C=O) groups excluding carboxylic acids is 1. The molecule has 4 nitrogen and oxygen atoms in total. The summed E-state index contributed by atoms with van der Waals surface area (Å²) in [5.74, 6) is 0.310. The first-order chi connectivity index (χ1) is 7.96. The fraction of sp³-hybridized carbons (Fsp3) is 0.583. The minimum Gasteiger partial charge on any atom is -0.352 e. The second-order valence-electron chi connectivity index (χ2n) is 4.70. The molecule has 0 fully saturated rings. The smallest absolute Gasteiger partial charge is 0.164 e. The van der Waals surface area contributed by atoms with Gasteiger partial charge in [-0.15, -0.1) is 0 Å². The van der Waals surface area contributed by atoms with Crippen LogP contribution < -0.4 is 0 Å². The molecule has 0 aliphatic heterocycles. The third-order valence-corrected chi connectivity index (χ3v) is 4.01. The van der Waals surface area contributed by atoms with Crippen molar-refractivity contribution in [3.8, 4) is 0 Å². The quantitative estimate of drug-likeness (QED) is 0.768. The highest BCUT2D eigenvalue weighted by atomic mass is 32.2. The number of ketones is 1. The fourth-order valence-corrected chi connectivity index (χ4v) is 2.68. The molecule has 1 aliphatic carbocycles. The van der Waals surface area contributed by atoms with Crippen LogP contribution in [0, 0.1) is 0 Å². The second-order valence-corrected chi connectivity index (χ2v) is 6.95. The van der Waals surface area contributed by atoms with Crippen LogP contribution >= 0.6 is 0 Å². The third-order valence-electron chi connectivity index (χ3n) is 3.08. The number of aromatic nitrogens is 1. The Balaban J connectivity index is 2.17. The Morgan fingerprint density at radius 1 is 1.24 bits per heavy atom. The van der Waals surface area contributed by atoms with Crippen LogP contribution in [-0.2, 0) is 22.8 Å². The average Bonchev–Trinajstić information content (AvgIpc) is 2.57. The van der Waals surface area contributed by atoms with Gasteiger partial charge in [-0.2, -0.15) is 0 Å². The Morgan fingerprint density at radius 2 is 1.94 bits per heavy atom. The molecule has 5 heteroatoms. The van der Waals surface area contributed by atoms with Crippen LogP contribution in [0.3, 0.4) is 0 Å². The maximum atomic E-state index is 11.8. The van der Waals surface area contributed by atoms with Crippen molar-refractivity contribution in [1.82, 2.24) is 4.57 Å². The van der Waals surface area contributed by atoms with E-state index in [1.807, 2.05) is 10.8 Å². The van der Waals surface area contributed by atoms with Gasteiger partial charge in [0.2, 0.25) is 0 Å². The SMILES string of the molecule is CS(=O)(=O)CCn1cc2c(c1)C(=O)CCCC2. The molecule has 0 N–H and O–H groups in total. The van der Waals surface area contributed by atoms with E-state index >= 15 is 0 Å². The van der Waals surface area contributed by atoms with Crippen LogP contribution in [0.5, 0.6) is 0 Å². The summed E-state index contributed by atoms with van der Waals surface area (Å²) in [5, 5.41) is 0. The first-order valence-corrected chi connectivity index (χ1v) is 7.91. The molecule has 0 aromatic carbocycles. The lowest BCUT2D eigenvalue weighted by atomic mass is 10.1. The second kappa shape index (κ2) is 4.64. The Hall–Kier alpha value is -1.10. The molecule has 0 saturated heterocycles. The molecule has 0 radical (unpaired) electrons. The molecule has 1 aliphatic rings. The maximum absolute atomic E-state index is 11.8. The molecule has 0 atom stereocenters. The summed E-state index contributed by atoms with van der Waals surface area (Å²) in [6.07, 6.45) is 8.48. The van der Waals surface area contributed by atoms with Gasteiger partial charge in [-0.3, -0.25) is 4.79 Å². The number of sulfone groups is 1. The Kier molecular flexibility index (Phi) is 3.38. The van der Waals surface area contributed by atoms with Crippen LogP contribution in [0.2, 0.25) is 0 Å². The highest BCUT2D eigenvalue weighted by molar-refractivity contribution is 7.90. The predicted octanol–water partition coefficient (Wildman–Crippen LogP) is 1.44. The van der Waals surface area contributed by atoms with Crippen molar-refractivity contribution in [2.75, 3.05) is 12.0 Å². The largest absolute Gasteiger partial charge is 0.352 e. The molecular weight excluding hydrogens is 238 g/mol. The summed E-state index contributed by atoms with van der Waals surface area (Å²) in [6.45, 7) is 0.430. The molecule has 1 aromatic rings. The molecule has 1 aromatic heterocycles. The van der Waals surface area contributed by atoms with Crippen LogP contribution in [0.25, 0.3) is 0 Å². The Bertz CT molecular complexity index is 528. The zero-order valence-electron chi connectivity index (χ0n) is 9.98. The van der Waals surface area contributed by atoms with Crippen molar-refractivity contribution < 1.29 is 13.2 Å². The fourth-order valence-electron chi connectivity index (χ4n) is 2.14. The molecule has 0 amide bonds. The topological polar surface area (TPSA) is 56.1 Å². The van der Waals surface area contributed by atoms with E-state index in [-0.39, 0.29) is 11.5 Å². The van der Waals surface area contributed by atoms with E-state index in [1.165, 1.54) is 6.26 Å². The van der Waals surface area contributed by atoms with E-state index in [2.05, 4.69) is 0 Å². The highest BCUT2D eigenvalue weighted by Gasteiger charge is 2.17. The zero-order chi connectivity index (χ0) is 12.5. The summed E-state index contributed by atoms with van der Waals surface area (Å²) in [6, 6.07) is 0. The van der Waals surface area contributed by atoms with Gasteiger partial charge in [0.05, 0.1) is 5.75 Å². The lowest BCUT2D eigenvalue weighted by molar-refractivity contribution is 0.0982. The lowest BCUT2D eigenvalue weighted by Gasteiger charge is -2.01. The third kappa shape index (κ3) is 3.19. The molecule has 0 bridgehead atoms. The summed E-state index contributed by atoms with van der Waals surface area (Å²) in [7, 11) is -2.95. The lowest BCUT2D eigenvalue weighted by Crippen LogP contribution is -2.10. The number of Topliss-reactive ketones (excluding diaryl/α,β-unsaturated/α-hetero) is 1. The number of hydrogen-bond acceptors (Lipinski definition) is 3. The van der Waals surface area contributed by atoms with Gasteiger partial charge >= 0.3 is 0 Å². The zero-order valence-corrected chi connectivity index (χ0v) is 10.8. The number of aryl methyl sites for hydroxylation is 2. The van der Waals surface area contributed by atoms with E-state index in [9.17, 15) is 13.2 Å². The number of hydrogen-bond donors (Lipinski definition) is 0. The molecular formula is C12H17NO3S. The van der Waals surface area contributed by atoms with E-state index in [4.69, 9.17) is 0 Å². The Labute approximate surface area is 102 Å². The van der Waals surface area contributed by atoms with Crippen molar-refractivity contribution >= 4 is 15.6 Å². The standard InChI is InChI=1S/C12H17NO3S/c1-17(15,16)7-6-13-8-10-4-2-3-5-12(14)11(10)9-13/h8-9H,2-7H2,1H3. The Morgan fingerprint density at radius 3 is 2.65 bits per heavy atom. The molecule has 2 rings (SSSR count). The van der Waals surface area contributed by atoms with Gasteiger partial charge in [0.1, 0.15) is 9.84 Å². The maximum Gasteiger partial charge on any atom is 0.164 e. The number of fused-ring (bicyclic) bond motifs is 1. The van der Waals surface area contributed by atoms with Crippen molar-refractivity contribution in [2.45, 2.75) is 32.2 Å². The predicted molar refractivity (Wildman–Crippen MR) is 66.0 cm³/mol. The van der Waals surface area contributed by atoms with Crippen LogP contribution in [-0.4, -0.2) is 30.8 Å². The number of rotatable bonds is 3. The van der Waals surface area contributed by atoms with Crippen molar-refractivity contribution in [1.29, 1.82) is 0 Å². The monoisotopic (exact) mass is 255 g/mol. The van der Waals surface area contributed by atoms with E-state index in [1.54, 1.807) is 6.20 Å². The van der Waals surface area contributed by atoms with Gasteiger partial charge in [-0.1, -0.05) is 0 Å². The van der Waals surface area contributed by atoms with Gasteiger partial charge in [0.15, 0.2) is 5.78 Å².